The molecule has 86 valence electrons. The van der Waals surface area contributed by atoms with Crippen LogP contribution in [0.15, 0.2) is 60.7 Å². The number of hydrogen-bond donors (Lipinski definition) is 1. The molecule has 1 N–H and O–H groups in total. The van der Waals surface area contributed by atoms with Gasteiger partial charge in [0, 0.05) is 17.3 Å². The molecule has 0 saturated heterocycles. The summed E-state index contributed by atoms with van der Waals surface area (Å²) in [7, 11) is 0. The predicted molar refractivity (Wildman–Crippen MR) is 75.9 cm³/mol. The van der Waals surface area contributed by atoms with Crippen LogP contribution in [0.1, 0.15) is 5.56 Å². The van der Waals surface area contributed by atoms with Crippen molar-refractivity contribution in [3.05, 3.63) is 66.2 Å². The van der Waals surface area contributed by atoms with Gasteiger partial charge in [-0.3, -0.25) is 0 Å². The Balaban J connectivity index is 2.23. The normalized spacial score (nSPS) is 10.6. The van der Waals surface area contributed by atoms with Gasteiger partial charge < -0.3 is 5.32 Å². The quantitative estimate of drug-likeness (QED) is 0.769. The van der Waals surface area contributed by atoms with E-state index in [0.717, 1.165) is 16.9 Å². The van der Waals surface area contributed by atoms with E-state index in [1.54, 1.807) is 0 Å². The third-order valence-electron chi connectivity index (χ3n) is 2.40. The van der Waals surface area contributed by atoms with Crippen LogP contribution in [0, 0.1) is 0 Å². The summed E-state index contributed by atoms with van der Waals surface area (Å²) in [4.78, 5) is 0. The summed E-state index contributed by atoms with van der Waals surface area (Å²) in [6.07, 6.45) is 3.96. The maximum atomic E-state index is 5.66. The molecule has 0 fully saturated rings. The number of rotatable bonds is 4. The maximum Gasteiger partial charge on any atom is 0.0457 e. The zero-order valence-electron chi connectivity index (χ0n) is 9.44. The Labute approximate surface area is 107 Å². The standard InChI is InChI=1S/C15H14ClN/c16-12-6-8-13-7-4-5-11-15(13)17-14-9-2-1-3-10-14/h1-11,17H,12H2. The molecule has 0 spiro atoms. The van der Waals surface area contributed by atoms with Gasteiger partial charge in [-0.05, 0) is 23.8 Å². The van der Waals surface area contributed by atoms with Crippen molar-refractivity contribution in [2.45, 2.75) is 0 Å². The number of benzene rings is 2. The smallest absolute Gasteiger partial charge is 0.0457 e. The lowest BCUT2D eigenvalue weighted by atomic mass is 10.1. The van der Waals surface area contributed by atoms with E-state index in [-0.39, 0.29) is 0 Å². The first-order chi connectivity index (χ1) is 8.40. The highest BCUT2D eigenvalue weighted by atomic mass is 35.5. The van der Waals surface area contributed by atoms with Gasteiger partial charge in [0.05, 0.1) is 0 Å². The van der Waals surface area contributed by atoms with Gasteiger partial charge in [-0.15, -0.1) is 11.6 Å². The molecule has 0 bridgehead atoms. The van der Waals surface area contributed by atoms with Crippen molar-refractivity contribution in [2.75, 3.05) is 11.2 Å². The number of hydrogen-bond acceptors (Lipinski definition) is 1. The molecule has 2 aromatic rings. The Bertz CT molecular complexity index is 491. The number of halogens is 1. The van der Waals surface area contributed by atoms with E-state index in [1.807, 2.05) is 54.6 Å². The summed E-state index contributed by atoms with van der Waals surface area (Å²) >= 11 is 5.66. The number of para-hydroxylation sites is 2. The van der Waals surface area contributed by atoms with Crippen LogP contribution >= 0.6 is 11.6 Å². The topological polar surface area (TPSA) is 12.0 Å². The predicted octanol–water partition coefficient (Wildman–Crippen LogP) is 4.68. The molecule has 0 heterocycles. The Morgan fingerprint density at radius 2 is 1.65 bits per heavy atom. The van der Waals surface area contributed by atoms with Crippen LogP contribution < -0.4 is 5.32 Å². The fourth-order valence-electron chi connectivity index (χ4n) is 1.60. The minimum absolute atomic E-state index is 0.527. The second-order valence-electron chi connectivity index (χ2n) is 3.63. The third-order valence-corrected chi connectivity index (χ3v) is 2.58. The molecule has 0 aromatic heterocycles. The minimum Gasteiger partial charge on any atom is -0.355 e. The summed E-state index contributed by atoms with van der Waals surface area (Å²) in [5, 5.41) is 3.39. The van der Waals surface area contributed by atoms with Crippen LogP contribution in [0.3, 0.4) is 0 Å². The first-order valence-electron chi connectivity index (χ1n) is 5.54. The van der Waals surface area contributed by atoms with Gasteiger partial charge in [-0.1, -0.05) is 48.6 Å². The minimum atomic E-state index is 0.527. The summed E-state index contributed by atoms with van der Waals surface area (Å²) in [5.74, 6) is 0.527. The number of allylic oxidation sites excluding steroid dienone is 1. The molecule has 0 unspecified atom stereocenters. The molecular formula is C15H14ClN. The molecule has 0 atom stereocenters. The van der Waals surface area contributed by atoms with Gasteiger partial charge in [-0.2, -0.15) is 0 Å². The fraction of sp³-hybridized carbons (Fsp3) is 0.0667. The van der Waals surface area contributed by atoms with Gasteiger partial charge in [0.15, 0.2) is 0 Å². The van der Waals surface area contributed by atoms with Gasteiger partial charge in [-0.25, -0.2) is 0 Å². The number of alkyl halides is 1. The summed E-state index contributed by atoms with van der Waals surface area (Å²) < 4.78 is 0. The molecule has 2 rings (SSSR count). The lowest BCUT2D eigenvalue weighted by Gasteiger charge is -2.09. The molecule has 17 heavy (non-hydrogen) atoms. The average Bonchev–Trinajstić information content (AvgIpc) is 2.39. The lowest BCUT2D eigenvalue weighted by molar-refractivity contribution is 1.53. The van der Waals surface area contributed by atoms with Crippen molar-refractivity contribution in [2.24, 2.45) is 0 Å². The Kier molecular flexibility index (Phi) is 4.23. The van der Waals surface area contributed by atoms with Crippen LogP contribution in [0.2, 0.25) is 0 Å². The van der Waals surface area contributed by atoms with E-state index in [2.05, 4.69) is 17.4 Å². The Morgan fingerprint density at radius 3 is 2.41 bits per heavy atom. The van der Waals surface area contributed by atoms with Crippen LogP contribution in [0.4, 0.5) is 11.4 Å². The summed E-state index contributed by atoms with van der Waals surface area (Å²) in [5.41, 5.74) is 3.30. The molecule has 1 nitrogen and oxygen atoms in total. The molecule has 0 aliphatic carbocycles. The lowest BCUT2D eigenvalue weighted by Crippen LogP contribution is -1.92. The maximum absolute atomic E-state index is 5.66. The molecule has 0 radical (unpaired) electrons. The van der Waals surface area contributed by atoms with Crippen LogP contribution in [-0.2, 0) is 0 Å². The van der Waals surface area contributed by atoms with Gasteiger partial charge in [0.25, 0.3) is 0 Å². The Hall–Kier alpha value is -1.73. The third kappa shape index (κ3) is 3.36. The van der Waals surface area contributed by atoms with E-state index < -0.39 is 0 Å². The molecular weight excluding hydrogens is 230 g/mol. The van der Waals surface area contributed by atoms with Crippen molar-refractivity contribution in [3.8, 4) is 0 Å². The average molecular weight is 244 g/mol. The molecule has 0 aliphatic rings. The van der Waals surface area contributed by atoms with Crippen LogP contribution in [0.25, 0.3) is 6.08 Å². The van der Waals surface area contributed by atoms with Crippen molar-refractivity contribution in [1.29, 1.82) is 0 Å². The van der Waals surface area contributed by atoms with E-state index >= 15 is 0 Å². The van der Waals surface area contributed by atoms with Crippen LogP contribution in [-0.4, -0.2) is 5.88 Å². The van der Waals surface area contributed by atoms with Crippen molar-refractivity contribution >= 4 is 29.1 Å². The molecule has 0 aliphatic heterocycles. The highest BCUT2D eigenvalue weighted by molar-refractivity contribution is 6.19. The number of nitrogens with one attached hydrogen (secondary N) is 1. The summed E-state index contributed by atoms with van der Waals surface area (Å²) in [6, 6.07) is 18.3. The highest BCUT2D eigenvalue weighted by Gasteiger charge is 1.98. The van der Waals surface area contributed by atoms with E-state index in [4.69, 9.17) is 11.6 Å². The first kappa shape index (κ1) is 11.7. The van der Waals surface area contributed by atoms with E-state index in [9.17, 15) is 0 Å². The molecule has 2 aromatic carbocycles. The monoisotopic (exact) mass is 243 g/mol. The van der Waals surface area contributed by atoms with Gasteiger partial charge in [0.2, 0.25) is 0 Å². The fourth-order valence-corrected chi connectivity index (χ4v) is 1.69. The molecule has 0 saturated carbocycles. The van der Waals surface area contributed by atoms with Crippen molar-refractivity contribution < 1.29 is 0 Å². The van der Waals surface area contributed by atoms with Crippen molar-refractivity contribution in [1.82, 2.24) is 0 Å². The Morgan fingerprint density at radius 1 is 0.941 bits per heavy atom. The second kappa shape index (κ2) is 6.12. The van der Waals surface area contributed by atoms with Crippen LogP contribution in [0.5, 0.6) is 0 Å². The van der Waals surface area contributed by atoms with Crippen molar-refractivity contribution in [3.63, 3.8) is 0 Å². The number of anilines is 2. The first-order valence-corrected chi connectivity index (χ1v) is 6.07. The largest absolute Gasteiger partial charge is 0.355 e. The van der Waals surface area contributed by atoms with E-state index in [1.165, 1.54) is 0 Å². The molecule has 2 heteroatoms. The highest BCUT2D eigenvalue weighted by Crippen LogP contribution is 2.21. The van der Waals surface area contributed by atoms with E-state index in [0.29, 0.717) is 5.88 Å². The zero-order valence-corrected chi connectivity index (χ0v) is 10.2. The second-order valence-corrected chi connectivity index (χ2v) is 3.94. The zero-order chi connectivity index (χ0) is 11.9. The van der Waals surface area contributed by atoms with Gasteiger partial charge in [0.1, 0.15) is 0 Å². The van der Waals surface area contributed by atoms with Gasteiger partial charge >= 0.3 is 0 Å². The molecule has 0 amide bonds. The SMILES string of the molecule is ClCC=Cc1ccccc1Nc1ccccc1. The summed E-state index contributed by atoms with van der Waals surface area (Å²) in [6.45, 7) is 0.